The molecule has 0 aliphatic rings. The molecule has 0 fully saturated rings. The highest BCUT2D eigenvalue weighted by Crippen LogP contribution is 2.07. The van der Waals surface area contributed by atoms with Crippen LogP contribution in [0.2, 0.25) is 0 Å². The maximum absolute atomic E-state index is 11.5. The van der Waals surface area contributed by atoms with Crippen molar-refractivity contribution in [2.24, 2.45) is 0 Å². The predicted molar refractivity (Wildman–Crippen MR) is 62.1 cm³/mol. The molecule has 0 heterocycles. The number of ether oxygens (including phenoxy) is 3. The van der Waals surface area contributed by atoms with Crippen LogP contribution in [0.25, 0.3) is 0 Å². The Balaban J connectivity index is 4.89. The van der Waals surface area contributed by atoms with E-state index in [0.717, 1.165) is 0 Å². The summed E-state index contributed by atoms with van der Waals surface area (Å²) in [5, 5.41) is 0. The first-order valence-electron chi connectivity index (χ1n) is 5.44. The largest absolute Gasteiger partial charge is 0.494 e. The van der Waals surface area contributed by atoms with Crippen LogP contribution in [-0.2, 0) is 23.8 Å². The smallest absolute Gasteiger partial charge is 0.345 e. The van der Waals surface area contributed by atoms with Gasteiger partial charge in [-0.2, -0.15) is 0 Å². The van der Waals surface area contributed by atoms with Crippen molar-refractivity contribution in [1.29, 1.82) is 0 Å². The molecule has 96 valence electrons. The molecule has 0 aromatic carbocycles. The number of hydrogen-bond acceptors (Lipinski definition) is 5. The first kappa shape index (κ1) is 15.2. The Morgan fingerprint density at radius 1 is 0.941 bits per heavy atom. The van der Waals surface area contributed by atoms with Gasteiger partial charge in [-0.3, -0.25) is 0 Å². The van der Waals surface area contributed by atoms with Crippen molar-refractivity contribution in [2.45, 2.75) is 20.8 Å². The molecule has 0 spiro atoms. The number of hydrogen-bond donors (Lipinski definition) is 0. The molecule has 0 unspecified atom stereocenters. The van der Waals surface area contributed by atoms with E-state index in [9.17, 15) is 9.59 Å². The average molecular weight is 242 g/mol. The normalized spacial score (nSPS) is 9.12. The summed E-state index contributed by atoms with van der Waals surface area (Å²) < 4.78 is 14.5. The molecule has 0 atom stereocenters. The second-order valence-corrected chi connectivity index (χ2v) is 2.90. The molecule has 17 heavy (non-hydrogen) atoms. The molecular formula is C12H18O5. The molecule has 0 aliphatic heterocycles. The molecule has 0 bridgehead atoms. The lowest BCUT2D eigenvalue weighted by atomic mass is 10.2. The molecule has 5 heteroatoms. The summed E-state index contributed by atoms with van der Waals surface area (Å²) in [5.41, 5.74) is -0.216. The highest BCUT2D eigenvalue weighted by atomic mass is 16.6. The fourth-order valence-corrected chi connectivity index (χ4v) is 1.01. The van der Waals surface area contributed by atoms with Crippen molar-refractivity contribution in [2.75, 3.05) is 19.8 Å². The molecule has 0 aromatic rings. The maximum atomic E-state index is 11.5. The van der Waals surface area contributed by atoms with Gasteiger partial charge in [-0.25, -0.2) is 9.59 Å². The second-order valence-electron chi connectivity index (χ2n) is 2.90. The molecule has 0 N–H and O–H groups in total. The van der Waals surface area contributed by atoms with E-state index in [0.29, 0.717) is 6.61 Å². The number of allylic oxidation sites excluding steroid dienone is 1. The number of esters is 2. The molecular weight excluding hydrogens is 224 g/mol. The first-order valence-corrected chi connectivity index (χ1v) is 5.44. The van der Waals surface area contributed by atoms with E-state index in [2.05, 4.69) is 6.58 Å². The Hall–Kier alpha value is -1.78. The van der Waals surface area contributed by atoms with Gasteiger partial charge in [0.25, 0.3) is 0 Å². The predicted octanol–water partition coefficient (Wildman–Crippen LogP) is 1.59. The Bertz CT molecular complexity index is 297. The summed E-state index contributed by atoms with van der Waals surface area (Å²) in [4.78, 5) is 23.0. The van der Waals surface area contributed by atoms with Gasteiger partial charge in [-0.15, -0.1) is 0 Å². The van der Waals surface area contributed by atoms with Crippen molar-refractivity contribution < 1.29 is 23.8 Å². The summed E-state index contributed by atoms with van der Waals surface area (Å²) in [6.45, 7) is 9.38. The summed E-state index contributed by atoms with van der Waals surface area (Å²) in [5.74, 6) is -1.28. The molecule has 0 saturated carbocycles. The van der Waals surface area contributed by atoms with Crippen LogP contribution >= 0.6 is 0 Å². The van der Waals surface area contributed by atoms with Crippen LogP contribution < -0.4 is 0 Å². The van der Waals surface area contributed by atoms with E-state index in [4.69, 9.17) is 14.2 Å². The number of carbonyl (C=O) groups is 2. The Morgan fingerprint density at radius 3 is 1.71 bits per heavy atom. The van der Waals surface area contributed by atoms with Gasteiger partial charge in [0.05, 0.1) is 19.8 Å². The van der Waals surface area contributed by atoms with Crippen molar-refractivity contribution in [1.82, 2.24) is 0 Å². The summed E-state index contributed by atoms with van der Waals surface area (Å²) >= 11 is 0. The van der Waals surface area contributed by atoms with Gasteiger partial charge in [-0.1, -0.05) is 6.58 Å². The zero-order chi connectivity index (χ0) is 13.3. The number of carbonyl (C=O) groups excluding carboxylic acids is 2. The third kappa shape index (κ3) is 5.75. The standard InChI is InChI=1S/C12H18O5/c1-5-15-9(4)8-10(11(13)16-6-2)12(14)17-7-3/h8H,4-7H2,1-3H3. The zero-order valence-corrected chi connectivity index (χ0v) is 10.4. The molecule has 0 saturated heterocycles. The van der Waals surface area contributed by atoms with Gasteiger partial charge in [0.15, 0.2) is 0 Å². The van der Waals surface area contributed by atoms with Crippen LogP contribution in [-0.4, -0.2) is 31.8 Å². The fourth-order valence-electron chi connectivity index (χ4n) is 1.01. The average Bonchev–Trinajstić information content (AvgIpc) is 2.26. The van der Waals surface area contributed by atoms with E-state index in [1.54, 1.807) is 20.8 Å². The van der Waals surface area contributed by atoms with Crippen LogP contribution in [0, 0.1) is 0 Å². The zero-order valence-electron chi connectivity index (χ0n) is 10.4. The minimum absolute atomic E-state index is 0.177. The summed E-state index contributed by atoms with van der Waals surface area (Å²) in [7, 11) is 0. The first-order chi connectivity index (χ1) is 8.06. The third-order valence-electron chi connectivity index (χ3n) is 1.63. The molecule has 0 radical (unpaired) electrons. The molecule has 0 aliphatic carbocycles. The third-order valence-corrected chi connectivity index (χ3v) is 1.63. The minimum atomic E-state index is -0.744. The monoisotopic (exact) mass is 242 g/mol. The van der Waals surface area contributed by atoms with E-state index in [1.165, 1.54) is 6.08 Å². The van der Waals surface area contributed by atoms with E-state index >= 15 is 0 Å². The lowest BCUT2D eigenvalue weighted by Gasteiger charge is -2.07. The van der Waals surface area contributed by atoms with Crippen LogP contribution in [0.15, 0.2) is 24.0 Å². The quantitative estimate of drug-likeness (QED) is 0.169. The van der Waals surface area contributed by atoms with Crippen LogP contribution in [0.1, 0.15) is 20.8 Å². The fraction of sp³-hybridized carbons (Fsp3) is 0.500. The topological polar surface area (TPSA) is 61.8 Å². The van der Waals surface area contributed by atoms with Crippen LogP contribution in [0.3, 0.4) is 0 Å². The highest BCUT2D eigenvalue weighted by Gasteiger charge is 2.21. The van der Waals surface area contributed by atoms with Gasteiger partial charge < -0.3 is 14.2 Å². The molecule has 5 nitrogen and oxygen atoms in total. The second kappa shape index (κ2) is 8.38. The van der Waals surface area contributed by atoms with Crippen LogP contribution in [0.5, 0.6) is 0 Å². The maximum Gasteiger partial charge on any atom is 0.345 e. The Kier molecular flexibility index (Phi) is 7.50. The van der Waals surface area contributed by atoms with Crippen LogP contribution in [0.4, 0.5) is 0 Å². The number of rotatable bonds is 7. The van der Waals surface area contributed by atoms with Gasteiger partial charge >= 0.3 is 11.9 Å². The Morgan fingerprint density at radius 2 is 1.35 bits per heavy atom. The summed E-state index contributed by atoms with van der Waals surface area (Å²) in [6.07, 6.45) is 1.22. The Labute approximate surface area is 101 Å². The minimum Gasteiger partial charge on any atom is -0.494 e. The van der Waals surface area contributed by atoms with E-state index in [1.807, 2.05) is 0 Å². The van der Waals surface area contributed by atoms with Gasteiger partial charge in [0.2, 0.25) is 0 Å². The van der Waals surface area contributed by atoms with E-state index < -0.39 is 11.9 Å². The SMILES string of the molecule is C=C(C=C(C(=O)OCC)C(=O)OCC)OCC. The molecule has 0 aromatic heterocycles. The van der Waals surface area contributed by atoms with Crippen molar-refractivity contribution >= 4 is 11.9 Å². The van der Waals surface area contributed by atoms with Crippen molar-refractivity contribution in [3.8, 4) is 0 Å². The van der Waals surface area contributed by atoms with Gasteiger partial charge in [0.1, 0.15) is 11.3 Å². The summed E-state index contributed by atoms with van der Waals surface area (Å²) in [6, 6.07) is 0. The lowest BCUT2D eigenvalue weighted by Crippen LogP contribution is -2.18. The van der Waals surface area contributed by atoms with E-state index in [-0.39, 0.29) is 24.5 Å². The van der Waals surface area contributed by atoms with Crippen molar-refractivity contribution in [3.05, 3.63) is 24.0 Å². The molecule has 0 amide bonds. The lowest BCUT2D eigenvalue weighted by molar-refractivity contribution is -0.146. The highest BCUT2D eigenvalue weighted by molar-refractivity contribution is 6.14. The molecule has 0 rings (SSSR count). The van der Waals surface area contributed by atoms with Gasteiger partial charge in [-0.05, 0) is 20.8 Å². The van der Waals surface area contributed by atoms with Gasteiger partial charge in [0, 0.05) is 6.08 Å². The van der Waals surface area contributed by atoms with Crippen molar-refractivity contribution in [3.63, 3.8) is 0 Å².